The highest BCUT2D eigenvalue weighted by atomic mass is 16.5. The third kappa shape index (κ3) is 4.19. The maximum absolute atomic E-state index is 11.6. The predicted octanol–water partition coefficient (Wildman–Crippen LogP) is 2.59. The summed E-state index contributed by atoms with van der Waals surface area (Å²) in [6.07, 6.45) is 3.89. The van der Waals surface area contributed by atoms with Gasteiger partial charge in [0.15, 0.2) is 5.78 Å². The Hall–Kier alpha value is -1.35. The van der Waals surface area contributed by atoms with E-state index in [1.807, 2.05) is 30.3 Å². The summed E-state index contributed by atoms with van der Waals surface area (Å²) in [5, 5.41) is 0. The molecule has 0 radical (unpaired) electrons. The molecular formula is C14H18O3. The Morgan fingerprint density at radius 3 is 2.88 bits per heavy atom. The maximum Gasteiger partial charge on any atom is 0.170 e. The highest BCUT2D eigenvalue weighted by Crippen LogP contribution is 2.17. The van der Waals surface area contributed by atoms with Gasteiger partial charge in [0, 0.05) is 13.0 Å². The predicted molar refractivity (Wildman–Crippen MR) is 65.2 cm³/mol. The number of para-hydroxylation sites is 1. The van der Waals surface area contributed by atoms with Crippen LogP contribution in [0.4, 0.5) is 0 Å². The lowest BCUT2D eigenvalue weighted by Crippen LogP contribution is -2.14. The van der Waals surface area contributed by atoms with Crippen LogP contribution in [-0.4, -0.2) is 25.1 Å². The van der Waals surface area contributed by atoms with E-state index in [9.17, 15) is 4.79 Å². The summed E-state index contributed by atoms with van der Waals surface area (Å²) in [5.41, 5.74) is 0. The minimum Gasteiger partial charge on any atom is -0.486 e. The Morgan fingerprint density at radius 1 is 1.35 bits per heavy atom. The van der Waals surface area contributed by atoms with Gasteiger partial charge in [-0.25, -0.2) is 0 Å². The van der Waals surface area contributed by atoms with E-state index in [0.717, 1.165) is 31.6 Å². The number of ether oxygens (including phenoxy) is 2. The lowest BCUT2D eigenvalue weighted by Gasteiger charge is -2.08. The van der Waals surface area contributed by atoms with Crippen molar-refractivity contribution in [3.8, 4) is 5.75 Å². The van der Waals surface area contributed by atoms with Crippen LogP contribution in [0.15, 0.2) is 30.3 Å². The van der Waals surface area contributed by atoms with Crippen LogP contribution in [-0.2, 0) is 9.53 Å². The Balaban J connectivity index is 1.64. The lowest BCUT2D eigenvalue weighted by molar-refractivity contribution is -0.121. The fourth-order valence-corrected chi connectivity index (χ4v) is 1.95. The first kappa shape index (κ1) is 12.1. The number of Topliss-reactive ketones (excluding diaryl/α,β-unsaturated/α-hetero) is 1. The number of ketones is 1. The molecule has 0 N–H and O–H groups in total. The van der Waals surface area contributed by atoms with Crippen LogP contribution < -0.4 is 4.74 Å². The SMILES string of the molecule is O=C(CCC1CCCO1)COc1ccccc1. The van der Waals surface area contributed by atoms with Crippen molar-refractivity contribution in [3.05, 3.63) is 30.3 Å². The summed E-state index contributed by atoms with van der Waals surface area (Å²) in [6.45, 7) is 1.01. The van der Waals surface area contributed by atoms with Crippen molar-refractivity contribution in [2.45, 2.75) is 31.8 Å². The number of carbonyl (C=O) groups excluding carboxylic acids is 1. The molecule has 0 aliphatic carbocycles. The molecule has 1 saturated heterocycles. The molecule has 1 atom stereocenters. The number of hydrogen-bond donors (Lipinski definition) is 0. The molecule has 1 aliphatic heterocycles. The quantitative estimate of drug-likeness (QED) is 0.759. The molecule has 0 saturated carbocycles. The largest absolute Gasteiger partial charge is 0.486 e. The summed E-state index contributed by atoms with van der Waals surface area (Å²) in [6, 6.07) is 9.42. The van der Waals surface area contributed by atoms with Crippen molar-refractivity contribution < 1.29 is 14.3 Å². The number of benzene rings is 1. The van der Waals surface area contributed by atoms with E-state index < -0.39 is 0 Å². The summed E-state index contributed by atoms with van der Waals surface area (Å²) < 4.78 is 10.9. The average molecular weight is 234 g/mol. The molecule has 3 nitrogen and oxygen atoms in total. The van der Waals surface area contributed by atoms with Crippen molar-refractivity contribution in [3.63, 3.8) is 0 Å². The molecule has 0 spiro atoms. The molecule has 1 aromatic carbocycles. The standard InChI is InChI=1S/C14H18O3/c15-12(8-9-14-7-4-10-16-14)11-17-13-5-2-1-3-6-13/h1-3,5-6,14H,4,7-11H2. The topological polar surface area (TPSA) is 35.5 Å². The van der Waals surface area contributed by atoms with E-state index in [2.05, 4.69) is 0 Å². The molecule has 0 bridgehead atoms. The molecule has 1 aromatic rings. The van der Waals surface area contributed by atoms with E-state index in [4.69, 9.17) is 9.47 Å². The van der Waals surface area contributed by atoms with Crippen LogP contribution in [0, 0.1) is 0 Å². The van der Waals surface area contributed by atoms with Crippen LogP contribution in [0.3, 0.4) is 0 Å². The van der Waals surface area contributed by atoms with Gasteiger partial charge in [0.25, 0.3) is 0 Å². The highest BCUT2D eigenvalue weighted by molar-refractivity contribution is 5.79. The third-order valence-corrected chi connectivity index (χ3v) is 2.91. The van der Waals surface area contributed by atoms with Gasteiger partial charge in [0.1, 0.15) is 12.4 Å². The third-order valence-electron chi connectivity index (χ3n) is 2.91. The zero-order valence-electron chi connectivity index (χ0n) is 9.93. The second-order valence-electron chi connectivity index (χ2n) is 4.31. The van der Waals surface area contributed by atoms with Gasteiger partial charge in [-0.15, -0.1) is 0 Å². The summed E-state index contributed by atoms with van der Waals surface area (Å²) in [7, 11) is 0. The van der Waals surface area contributed by atoms with Crippen molar-refractivity contribution in [1.82, 2.24) is 0 Å². The Labute approximate surface area is 102 Å². The zero-order valence-corrected chi connectivity index (χ0v) is 9.93. The number of carbonyl (C=O) groups is 1. The maximum atomic E-state index is 11.6. The molecule has 1 fully saturated rings. The normalized spacial score (nSPS) is 19.2. The second kappa shape index (κ2) is 6.40. The summed E-state index contributed by atoms with van der Waals surface area (Å²) in [5.74, 6) is 0.891. The van der Waals surface area contributed by atoms with Gasteiger partial charge in [-0.05, 0) is 31.4 Å². The second-order valence-corrected chi connectivity index (χ2v) is 4.31. The molecule has 2 rings (SSSR count). The van der Waals surface area contributed by atoms with Crippen molar-refractivity contribution in [1.29, 1.82) is 0 Å². The average Bonchev–Trinajstić information content (AvgIpc) is 2.88. The van der Waals surface area contributed by atoms with Gasteiger partial charge in [-0.2, -0.15) is 0 Å². The Kier molecular flexibility index (Phi) is 4.56. The molecule has 0 aromatic heterocycles. The lowest BCUT2D eigenvalue weighted by atomic mass is 10.1. The van der Waals surface area contributed by atoms with Crippen molar-refractivity contribution >= 4 is 5.78 Å². The first-order valence-electron chi connectivity index (χ1n) is 6.16. The molecule has 0 amide bonds. The van der Waals surface area contributed by atoms with Gasteiger partial charge in [-0.1, -0.05) is 18.2 Å². The molecule has 3 heteroatoms. The highest BCUT2D eigenvalue weighted by Gasteiger charge is 2.16. The van der Waals surface area contributed by atoms with E-state index in [1.54, 1.807) is 0 Å². The van der Waals surface area contributed by atoms with Crippen LogP contribution in [0.25, 0.3) is 0 Å². The minimum atomic E-state index is 0.143. The molecule has 1 unspecified atom stereocenters. The Bertz CT molecular complexity index is 342. The summed E-state index contributed by atoms with van der Waals surface area (Å²) >= 11 is 0. The van der Waals surface area contributed by atoms with E-state index >= 15 is 0 Å². The van der Waals surface area contributed by atoms with Crippen molar-refractivity contribution in [2.24, 2.45) is 0 Å². The van der Waals surface area contributed by atoms with Crippen molar-refractivity contribution in [2.75, 3.05) is 13.2 Å². The monoisotopic (exact) mass is 234 g/mol. The van der Waals surface area contributed by atoms with Gasteiger partial charge >= 0.3 is 0 Å². The van der Waals surface area contributed by atoms with Crippen LogP contribution in [0.2, 0.25) is 0 Å². The van der Waals surface area contributed by atoms with Gasteiger partial charge < -0.3 is 9.47 Å². The molecule has 1 aliphatic rings. The first-order chi connectivity index (χ1) is 8.34. The smallest absolute Gasteiger partial charge is 0.170 e. The zero-order chi connectivity index (χ0) is 11.9. The Morgan fingerprint density at radius 2 is 2.18 bits per heavy atom. The molecule has 17 heavy (non-hydrogen) atoms. The molecule has 92 valence electrons. The van der Waals surface area contributed by atoms with Gasteiger partial charge in [0.05, 0.1) is 6.10 Å². The van der Waals surface area contributed by atoms with E-state index in [-0.39, 0.29) is 18.5 Å². The minimum absolute atomic E-state index is 0.143. The first-order valence-corrected chi connectivity index (χ1v) is 6.16. The number of rotatable bonds is 6. The van der Waals surface area contributed by atoms with E-state index in [1.165, 1.54) is 0 Å². The van der Waals surface area contributed by atoms with Gasteiger partial charge in [-0.3, -0.25) is 4.79 Å². The fourth-order valence-electron chi connectivity index (χ4n) is 1.95. The molecule has 1 heterocycles. The molecular weight excluding hydrogens is 216 g/mol. The number of hydrogen-bond acceptors (Lipinski definition) is 3. The van der Waals surface area contributed by atoms with Crippen LogP contribution in [0.1, 0.15) is 25.7 Å². The van der Waals surface area contributed by atoms with E-state index in [0.29, 0.717) is 6.42 Å². The van der Waals surface area contributed by atoms with Gasteiger partial charge in [0.2, 0.25) is 0 Å². The van der Waals surface area contributed by atoms with Crippen LogP contribution in [0.5, 0.6) is 5.75 Å². The summed E-state index contributed by atoms with van der Waals surface area (Å²) in [4.78, 5) is 11.6. The fraction of sp³-hybridized carbons (Fsp3) is 0.500. The van der Waals surface area contributed by atoms with Crippen LogP contribution >= 0.6 is 0 Å².